The van der Waals surface area contributed by atoms with Gasteiger partial charge in [-0.25, -0.2) is 4.98 Å². The van der Waals surface area contributed by atoms with Crippen molar-refractivity contribution in [3.8, 4) is 0 Å². The predicted molar refractivity (Wildman–Crippen MR) is 93.3 cm³/mol. The van der Waals surface area contributed by atoms with Gasteiger partial charge in [-0.15, -0.1) is 0 Å². The monoisotopic (exact) mass is 323 g/mol. The highest BCUT2D eigenvalue weighted by molar-refractivity contribution is 7.13. The molecule has 0 radical (unpaired) electrons. The van der Waals surface area contributed by atoms with Gasteiger partial charge in [0.25, 0.3) is 5.91 Å². The Balaban J connectivity index is 1.67. The maximum Gasteiger partial charge on any atom is 0.277 e. The van der Waals surface area contributed by atoms with Gasteiger partial charge in [0.15, 0.2) is 5.69 Å². The molecule has 4 nitrogen and oxygen atoms in total. The van der Waals surface area contributed by atoms with Gasteiger partial charge in [-0.2, -0.15) is 4.37 Å². The number of carbonyl (C=O) groups excluding carboxylic acids is 1. The fourth-order valence-electron chi connectivity index (χ4n) is 3.22. The van der Waals surface area contributed by atoms with Crippen LogP contribution in [0.25, 0.3) is 10.2 Å². The van der Waals surface area contributed by atoms with Gasteiger partial charge in [-0.05, 0) is 79.5 Å². The first-order chi connectivity index (χ1) is 11.1. The lowest BCUT2D eigenvalue weighted by atomic mass is 10.1. The highest BCUT2D eigenvalue weighted by atomic mass is 32.1. The van der Waals surface area contributed by atoms with Crippen LogP contribution in [0.5, 0.6) is 0 Å². The maximum absolute atomic E-state index is 12.6. The van der Waals surface area contributed by atoms with Crippen LogP contribution >= 0.6 is 11.5 Å². The van der Waals surface area contributed by atoms with Crippen molar-refractivity contribution in [1.29, 1.82) is 0 Å². The van der Waals surface area contributed by atoms with Crippen molar-refractivity contribution in [3.05, 3.63) is 52.3 Å². The standard InChI is InChI=1S/C18H17N3OS/c1-10-8-11(2)19-15-16(21-23-17(10)15)18(22)20-14-7-6-12-4-3-5-13(12)9-14/h6-9H,3-5H2,1-2H3,(H,20,22). The van der Waals surface area contributed by atoms with Crippen LogP contribution in [0, 0.1) is 13.8 Å². The minimum absolute atomic E-state index is 0.188. The maximum atomic E-state index is 12.6. The molecule has 1 N–H and O–H groups in total. The zero-order chi connectivity index (χ0) is 16.0. The minimum atomic E-state index is -0.188. The molecule has 3 aromatic rings. The summed E-state index contributed by atoms with van der Waals surface area (Å²) >= 11 is 1.33. The van der Waals surface area contributed by atoms with E-state index in [-0.39, 0.29) is 5.91 Å². The number of fused-ring (bicyclic) bond motifs is 2. The molecule has 2 heterocycles. The van der Waals surface area contributed by atoms with Crippen molar-refractivity contribution in [2.45, 2.75) is 33.1 Å². The second kappa shape index (κ2) is 5.42. The van der Waals surface area contributed by atoms with Crippen molar-refractivity contribution < 1.29 is 4.79 Å². The van der Waals surface area contributed by atoms with E-state index in [1.54, 1.807) is 0 Å². The van der Waals surface area contributed by atoms with Crippen LogP contribution in [-0.2, 0) is 12.8 Å². The van der Waals surface area contributed by atoms with E-state index in [0.717, 1.165) is 34.5 Å². The lowest BCUT2D eigenvalue weighted by molar-refractivity contribution is 0.102. The first-order valence-corrected chi connectivity index (χ1v) is 8.56. The van der Waals surface area contributed by atoms with Crippen molar-refractivity contribution in [1.82, 2.24) is 9.36 Å². The predicted octanol–water partition coefficient (Wildman–Crippen LogP) is 4.05. The van der Waals surface area contributed by atoms with E-state index in [2.05, 4.69) is 26.8 Å². The number of pyridine rings is 1. The summed E-state index contributed by atoms with van der Waals surface area (Å²) in [6, 6.07) is 8.19. The third kappa shape index (κ3) is 2.51. The van der Waals surface area contributed by atoms with E-state index in [9.17, 15) is 4.79 Å². The van der Waals surface area contributed by atoms with Crippen LogP contribution in [0.2, 0.25) is 0 Å². The van der Waals surface area contributed by atoms with Crippen LogP contribution in [0.3, 0.4) is 0 Å². The lowest BCUT2D eigenvalue weighted by Crippen LogP contribution is -2.13. The fourth-order valence-corrected chi connectivity index (χ4v) is 4.01. The first kappa shape index (κ1) is 14.3. The Morgan fingerprint density at radius 3 is 2.87 bits per heavy atom. The molecule has 0 fully saturated rings. The lowest BCUT2D eigenvalue weighted by Gasteiger charge is -2.06. The number of benzene rings is 1. The summed E-state index contributed by atoms with van der Waals surface area (Å²) in [7, 11) is 0. The number of carbonyl (C=O) groups is 1. The van der Waals surface area contributed by atoms with E-state index >= 15 is 0 Å². The Bertz CT molecular complexity index is 929. The zero-order valence-corrected chi connectivity index (χ0v) is 14.0. The topological polar surface area (TPSA) is 54.9 Å². The number of hydrogen-bond donors (Lipinski definition) is 1. The first-order valence-electron chi connectivity index (χ1n) is 7.78. The summed E-state index contributed by atoms with van der Waals surface area (Å²) in [5.41, 5.74) is 6.71. The van der Waals surface area contributed by atoms with E-state index in [0.29, 0.717) is 11.2 Å². The van der Waals surface area contributed by atoms with Crippen LogP contribution in [0.1, 0.15) is 39.3 Å². The Labute approximate surface area is 138 Å². The number of nitrogens with one attached hydrogen (secondary N) is 1. The molecule has 0 saturated carbocycles. The van der Waals surface area contributed by atoms with Gasteiger partial charge in [0.2, 0.25) is 0 Å². The molecule has 23 heavy (non-hydrogen) atoms. The summed E-state index contributed by atoms with van der Waals surface area (Å²) in [5, 5.41) is 2.97. The van der Waals surface area contributed by atoms with Gasteiger partial charge >= 0.3 is 0 Å². The average molecular weight is 323 g/mol. The van der Waals surface area contributed by atoms with Crippen molar-refractivity contribution in [3.63, 3.8) is 0 Å². The normalized spacial score (nSPS) is 13.3. The molecule has 116 valence electrons. The molecule has 1 aromatic carbocycles. The van der Waals surface area contributed by atoms with E-state index in [1.807, 2.05) is 26.0 Å². The third-order valence-electron chi connectivity index (χ3n) is 4.31. The van der Waals surface area contributed by atoms with Crippen LogP contribution in [0.4, 0.5) is 5.69 Å². The quantitative estimate of drug-likeness (QED) is 0.774. The van der Waals surface area contributed by atoms with Crippen molar-refractivity contribution >= 4 is 33.3 Å². The Morgan fingerprint density at radius 2 is 2.00 bits per heavy atom. The number of anilines is 1. The van der Waals surface area contributed by atoms with Crippen LogP contribution < -0.4 is 5.32 Å². The van der Waals surface area contributed by atoms with Crippen molar-refractivity contribution in [2.75, 3.05) is 5.32 Å². The number of amides is 1. The Morgan fingerprint density at radius 1 is 1.17 bits per heavy atom. The van der Waals surface area contributed by atoms with Gasteiger partial charge in [-0.3, -0.25) is 4.79 Å². The molecule has 0 saturated heterocycles. The molecule has 1 aliphatic rings. The summed E-state index contributed by atoms with van der Waals surface area (Å²) in [6.07, 6.45) is 3.44. The summed E-state index contributed by atoms with van der Waals surface area (Å²) in [4.78, 5) is 17.1. The Kier molecular flexibility index (Phi) is 3.38. The van der Waals surface area contributed by atoms with Gasteiger partial charge in [0.1, 0.15) is 5.52 Å². The Hall–Kier alpha value is -2.27. The summed E-state index contributed by atoms with van der Waals surface area (Å²) in [5.74, 6) is -0.188. The third-order valence-corrected chi connectivity index (χ3v) is 5.28. The number of aromatic nitrogens is 2. The largest absolute Gasteiger partial charge is 0.321 e. The summed E-state index contributed by atoms with van der Waals surface area (Å²) in [6.45, 7) is 3.96. The molecule has 4 rings (SSSR count). The number of aryl methyl sites for hydroxylation is 4. The van der Waals surface area contributed by atoms with Crippen LogP contribution in [0.15, 0.2) is 24.3 Å². The second-order valence-corrected chi connectivity index (χ2v) is 6.85. The number of nitrogens with zero attached hydrogens (tertiary/aromatic N) is 2. The zero-order valence-electron chi connectivity index (χ0n) is 13.1. The smallest absolute Gasteiger partial charge is 0.277 e. The number of rotatable bonds is 2. The van der Waals surface area contributed by atoms with Gasteiger partial charge < -0.3 is 5.32 Å². The molecule has 1 aliphatic carbocycles. The molecule has 0 unspecified atom stereocenters. The summed E-state index contributed by atoms with van der Waals surface area (Å²) < 4.78 is 5.31. The molecular formula is C18H17N3OS. The van der Waals surface area contributed by atoms with E-state index < -0.39 is 0 Å². The second-order valence-electron chi connectivity index (χ2n) is 6.08. The molecule has 5 heteroatoms. The molecule has 0 bridgehead atoms. The van der Waals surface area contributed by atoms with E-state index in [1.165, 1.54) is 29.1 Å². The highest BCUT2D eigenvalue weighted by Gasteiger charge is 2.18. The van der Waals surface area contributed by atoms with E-state index in [4.69, 9.17) is 0 Å². The molecule has 0 spiro atoms. The molecule has 0 atom stereocenters. The highest BCUT2D eigenvalue weighted by Crippen LogP contribution is 2.27. The molecule has 1 amide bonds. The molecular weight excluding hydrogens is 306 g/mol. The van der Waals surface area contributed by atoms with Gasteiger partial charge in [0.05, 0.1) is 4.70 Å². The average Bonchev–Trinajstić information content (AvgIpc) is 3.12. The van der Waals surface area contributed by atoms with Gasteiger partial charge in [0, 0.05) is 11.4 Å². The van der Waals surface area contributed by atoms with Gasteiger partial charge in [-0.1, -0.05) is 6.07 Å². The molecule has 0 aliphatic heterocycles. The minimum Gasteiger partial charge on any atom is -0.321 e. The van der Waals surface area contributed by atoms with Crippen LogP contribution in [-0.4, -0.2) is 15.3 Å². The fraction of sp³-hybridized carbons (Fsp3) is 0.278. The number of hydrogen-bond acceptors (Lipinski definition) is 4. The molecule has 2 aromatic heterocycles. The van der Waals surface area contributed by atoms with Crippen molar-refractivity contribution in [2.24, 2.45) is 0 Å². The SMILES string of the molecule is Cc1cc(C)c2snc(C(=O)Nc3ccc4c(c3)CCC4)c2n1.